The molecule has 0 saturated heterocycles. The Bertz CT molecular complexity index is 1190. The number of carbonyl (C=O) groups excluding carboxylic acids is 1. The highest BCUT2D eigenvalue weighted by Gasteiger charge is 2.33. The monoisotopic (exact) mass is 429 g/mol. The first-order valence-corrected chi connectivity index (χ1v) is 11.6. The molecule has 1 aromatic heterocycles. The van der Waals surface area contributed by atoms with Crippen molar-refractivity contribution in [3.05, 3.63) is 81.2 Å². The smallest absolute Gasteiger partial charge is 0.198 e. The van der Waals surface area contributed by atoms with Crippen molar-refractivity contribution in [2.45, 2.75) is 37.0 Å². The Morgan fingerprint density at radius 2 is 1.83 bits per heavy atom. The van der Waals surface area contributed by atoms with Gasteiger partial charge in [-0.1, -0.05) is 28.9 Å². The van der Waals surface area contributed by atoms with Crippen LogP contribution in [-0.4, -0.2) is 25.6 Å². The van der Waals surface area contributed by atoms with Gasteiger partial charge in [-0.25, -0.2) is 8.42 Å². The van der Waals surface area contributed by atoms with Crippen LogP contribution >= 0.6 is 11.6 Å². The van der Waals surface area contributed by atoms with E-state index in [2.05, 4.69) is 5.16 Å². The fraction of sp³-hybridized carbons (Fsp3) is 0.273. The first-order valence-electron chi connectivity index (χ1n) is 9.32. The molecule has 0 unspecified atom stereocenters. The quantitative estimate of drug-likeness (QED) is 0.529. The van der Waals surface area contributed by atoms with E-state index < -0.39 is 9.84 Å². The van der Waals surface area contributed by atoms with E-state index in [1.807, 2.05) is 12.1 Å². The second-order valence-electron chi connectivity index (χ2n) is 7.50. The third-order valence-electron chi connectivity index (χ3n) is 5.28. The Morgan fingerprint density at radius 1 is 1.14 bits per heavy atom. The summed E-state index contributed by atoms with van der Waals surface area (Å²) in [6, 6.07) is 10.4. The summed E-state index contributed by atoms with van der Waals surface area (Å²) in [7, 11) is -3.43. The van der Waals surface area contributed by atoms with E-state index in [-0.39, 0.29) is 16.6 Å². The molecule has 150 valence electrons. The van der Waals surface area contributed by atoms with Crippen molar-refractivity contribution in [2.24, 2.45) is 0 Å². The molecule has 0 spiro atoms. The molecular weight excluding hydrogens is 410 g/mol. The fourth-order valence-corrected chi connectivity index (χ4v) is 4.71. The molecule has 0 aliphatic heterocycles. The summed E-state index contributed by atoms with van der Waals surface area (Å²) >= 11 is 5.98. The van der Waals surface area contributed by atoms with Gasteiger partial charge in [-0.05, 0) is 67.1 Å². The number of ketones is 1. The lowest BCUT2D eigenvalue weighted by Crippen LogP contribution is -2.12. The van der Waals surface area contributed by atoms with Crippen LogP contribution < -0.4 is 0 Å². The first kappa shape index (κ1) is 19.9. The first-order chi connectivity index (χ1) is 13.8. The van der Waals surface area contributed by atoms with Gasteiger partial charge in [0.15, 0.2) is 21.4 Å². The van der Waals surface area contributed by atoms with E-state index in [1.165, 1.54) is 18.5 Å². The van der Waals surface area contributed by atoms with Crippen LogP contribution in [0.15, 0.2) is 52.0 Å². The summed E-state index contributed by atoms with van der Waals surface area (Å²) in [5.41, 5.74) is 3.12. The molecule has 3 aromatic rings. The molecular formula is C22H20ClNO4S. The summed E-state index contributed by atoms with van der Waals surface area (Å²) in [6.07, 6.45) is 5.02. The van der Waals surface area contributed by atoms with Crippen LogP contribution in [0.3, 0.4) is 0 Å². The van der Waals surface area contributed by atoms with E-state index >= 15 is 0 Å². The third-order valence-corrected chi connectivity index (χ3v) is 6.77. The van der Waals surface area contributed by atoms with Crippen molar-refractivity contribution in [3.63, 3.8) is 0 Å². The molecule has 29 heavy (non-hydrogen) atoms. The molecule has 0 atom stereocenters. The number of carbonyl (C=O) groups is 1. The Kier molecular flexibility index (Phi) is 5.09. The molecule has 0 amide bonds. The number of halogens is 1. The molecule has 1 fully saturated rings. The maximum atomic E-state index is 13.4. The van der Waals surface area contributed by atoms with E-state index in [1.54, 1.807) is 25.1 Å². The lowest BCUT2D eigenvalue weighted by Gasteiger charge is -2.15. The number of aromatic nitrogens is 1. The maximum absolute atomic E-state index is 13.4. The van der Waals surface area contributed by atoms with Crippen LogP contribution in [0, 0.1) is 6.92 Å². The van der Waals surface area contributed by atoms with Crippen LogP contribution in [0.5, 0.6) is 0 Å². The Balaban J connectivity index is 1.84. The number of rotatable bonds is 6. The fourth-order valence-electron chi connectivity index (χ4n) is 3.59. The number of sulfone groups is 1. The Morgan fingerprint density at radius 3 is 2.45 bits per heavy atom. The highest BCUT2D eigenvalue weighted by molar-refractivity contribution is 7.90. The Hall–Kier alpha value is -2.44. The van der Waals surface area contributed by atoms with Crippen LogP contribution in [0.1, 0.15) is 57.1 Å². The average Bonchev–Trinajstić information content (AvgIpc) is 3.40. The standard InChI is InChI=1S/C22H20ClNO4S/c1-13-18(11-14-3-7-16(23)8-4-14)17(9-10-20(13)29(2,26)27)21(25)19-12-24-28-22(19)15-5-6-15/h3-4,7-10,12,15H,5-6,11H2,1-2H3. The molecule has 0 N–H and O–H groups in total. The van der Waals surface area contributed by atoms with E-state index in [0.717, 1.165) is 18.4 Å². The van der Waals surface area contributed by atoms with Gasteiger partial charge >= 0.3 is 0 Å². The van der Waals surface area contributed by atoms with Gasteiger partial charge in [0.2, 0.25) is 0 Å². The average molecular weight is 430 g/mol. The number of hydrogen-bond donors (Lipinski definition) is 0. The van der Waals surface area contributed by atoms with Crippen molar-refractivity contribution >= 4 is 27.2 Å². The van der Waals surface area contributed by atoms with Gasteiger partial charge in [0, 0.05) is 22.8 Å². The molecule has 5 nitrogen and oxygen atoms in total. The largest absolute Gasteiger partial charge is 0.360 e. The molecule has 2 aromatic carbocycles. The van der Waals surface area contributed by atoms with Gasteiger partial charge in [-0.2, -0.15) is 0 Å². The minimum atomic E-state index is -3.43. The molecule has 1 saturated carbocycles. The topological polar surface area (TPSA) is 77.2 Å². The van der Waals surface area contributed by atoms with Crippen molar-refractivity contribution < 1.29 is 17.7 Å². The van der Waals surface area contributed by atoms with E-state index in [9.17, 15) is 13.2 Å². The Labute approximate surface area is 174 Å². The number of hydrogen-bond acceptors (Lipinski definition) is 5. The summed E-state index contributed by atoms with van der Waals surface area (Å²) in [5, 5.41) is 4.44. The highest BCUT2D eigenvalue weighted by Crippen LogP contribution is 2.42. The highest BCUT2D eigenvalue weighted by atomic mass is 35.5. The molecule has 4 rings (SSSR count). The van der Waals surface area contributed by atoms with Gasteiger partial charge < -0.3 is 4.52 Å². The van der Waals surface area contributed by atoms with Crippen molar-refractivity contribution in [1.82, 2.24) is 5.16 Å². The number of nitrogens with zero attached hydrogens (tertiary/aromatic N) is 1. The van der Waals surface area contributed by atoms with Crippen LogP contribution in [0.2, 0.25) is 5.02 Å². The van der Waals surface area contributed by atoms with Crippen LogP contribution in [0.4, 0.5) is 0 Å². The predicted molar refractivity (Wildman–Crippen MR) is 110 cm³/mol. The molecule has 1 aliphatic carbocycles. The molecule has 0 bridgehead atoms. The lowest BCUT2D eigenvalue weighted by atomic mass is 9.91. The molecule has 1 aliphatic rings. The molecule has 0 radical (unpaired) electrons. The van der Waals surface area contributed by atoms with Crippen molar-refractivity contribution in [2.75, 3.05) is 6.26 Å². The van der Waals surface area contributed by atoms with Gasteiger partial charge in [0.1, 0.15) is 0 Å². The van der Waals surface area contributed by atoms with E-state index in [4.69, 9.17) is 16.1 Å². The normalized spacial score (nSPS) is 14.2. The van der Waals surface area contributed by atoms with Gasteiger partial charge in [-0.3, -0.25) is 4.79 Å². The summed E-state index contributed by atoms with van der Waals surface area (Å²) in [6.45, 7) is 1.74. The van der Waals surface area contributed by atoms with Crippen LogP contribution in [0.25, 0.3) is 0 Å². The SMILES string of the molecule is Cc1c(S(C)(=O)=O)ccc(C(=O)c2cnoc2C2CC2)c1Cc1ccc(Cl)cc1. The van der Waals surface area contributed by atoms with Crippen LogP contribution in [-0.2, 0) is 16.3 Å². The van der Waals surface area contributed by atoms with Gasteiger partial charge in [0.25, 0.3) is 0 Å². The molecule has 7 heteroatoms. The summed E-state index contributed by atoms with van der Waals surface area (Å²) in [4.78, 5) is 13.6. The summed E-state index contributed by atoms with van der Waals surface area (Å²) < 4.78 is 29.8. The zero-order valence-electron chi connectivity index (χ0n) is 16.1. The van der Waals surface area contributed by atoms with Crippen molar-refractivity contribution in [3.8, 4) is 0 Å². The van der Waals surface area contributed by atoms with Crippen molar-refractivity contribution in [1.29, 1.82) is 0 Å². The number of benzene rings is 2. The van der Waals surface area contributed by atoms with Gasteiger partial charge in [0.05, 0.1) is 16.7 Å². The maximum Gasteiger partial charge on any atom is 0.198 e. The van der Waals surface area contributed by atoms with Gasteiger partial charge in [-0.15, -0.1) is 0 Å². The third kappa shape index (κ3) is 4.00. The lowest BCUT2D eigenvalue weighted by molar-refractivity contribution is 0.103. The van der Waals surface area contributed by atoms with E-state index in [0.29, 0.717) is 39.5 Å². The minimum absolute atomic E-state index is 0.194. The summed E-state index contributed by atoms with van der Waals surface area (Å²) in [5.74, 6) is 0.671. The second kappa shape index (κ2) is 7.43. The molecule has 1 heterocycles. The minimum Gasteiger partial charge on any atom is -0.360 e. The second-order valence-corrected chi connectivity index (χ2v) is 9.92. The predicted octanol–water partition coefficient (Wildman–Crippen LogP) is 4.74. The zero-order chi connectivity index (χ0) is 20.8. The zero-order valence-corrected chi connectivity index (χ0v) is 17.7.